The van der Waals surface area contributed by atoms with Gasteiger partial charge in [-0.25, -0.2) is 42.5 Å². The molecule has 0 saturated heterocycles. The van der Waals surface area contributed by atoms with E-state index in [0.717, 1.165) is 49.9 Å². The molecule has 0 atom stereocenters. The lowest BCUT2D eigenvalue weighted by atomic mass is 10.3. The lowest BCUT2D eigenvalue weighted by molar-refractivity contribution is 0.510. The molecular formula is C34H23ClF5N11. The monoisotopic (exact) mass is 716 g/mol. The minimum atomic E-state index is -1.00. The molecule has 10 rings (SSSR count). The summed E-state index contributed by atoms with van der Waals surface area (Å²) in [5, 5.41) is 0.388. The molecule has 8 aromatic rings. The number of imidazole rings is 4. The van der Waals surface area contributed by atoms with Crippen LogP contribution in [-0.4, -0.2) is 55.3 Å². The van der Waals surface area contributed by atoms with Gasteiger partial charge in [0, 0.05) is 36.3 Å². The summed E-state index contributed by atoms with van der Waals surface area (Å²) in [6.07, 6.45) is 7.02. The number of hydrogen-bond acceptors (Lipinski definition) is 6. The molecule has 0 aliphatic heterocycles. The summed E-state index contributed by atoms with van der Waals surface area (Å²) in [6, 6.07) is 11.8. The molecule has 2 aliphatic rings. The topological polar surface area (TPSA) is 101 Å². The Balaban J connectivity index is 0.000000139. The van der Waals surface area contributed by atoms with Crippen molar-refractivity contribution in [2.45, 2.75) is 37.8 Å². The number of aromatic nitrogens is 10. The molecule has 2 saturated carbocycles. The summed E-state index contributed by atoms with van der Waals surface area (Å²) in [5.74, 6) is -2.29. The molecule has 0 unspecified atom stereocenters. The van der Waals surface area contributed by atoms with Crippen molar-refractivity contribution in [2.75, 3.05) is 7.15 Å². The number of rotatable bonds is 4. The lowest BCUT2D eigenvalue weighted by Gasteiger charge is -2.08. The van der Waals surface area contributed by atoms with Gasteiger partial charge in [0.2, 0.25) is 11.9 Å². The minimum absolute atomic E-state index is 0.233. The van der Waals surface area contributed by atoms with E-state index in [-0.39, 0.29) is 12.1 Å². The van der Waals surface area contributed by atoms with Crippen molar-refractivity contribution in [1.82, 2.24) is 48.2 Å². The molecule has 0 radical (unpaired) electrons. The smallest absolute Gasteiger partial charge is 0.271 e. The predicted octanol–water partition coefficient (Wildman–Crippen LogP) is 8.56. The molecule has 0 amide bonds. The van der Waals surface area contributed by atoms with Crippen molar-refractivity contribution in [3.8, 4) is 11.9 Å². The molecule has 2 aliphatic carbocycles. The van der Waals surface area contributed by atoms with Gasteiger partial charge in [-0.2, -0.15) is 0 Å². The van der Waals surface area contributed by atoms with E-state index in [2.05, 4.69) is 34.7 Å². The molecule has 6 aromatic heterocycles. The number of benzene rings is 2. The van der Waals surface area contributed by atoms with Crippen LogP contribution in [-0.2, 0) is 0 Å². The second-order valence-corrected chi connectivity index (χ2v) is 12.3. The highest BCUT2D eigenvalue weighted by Gasteiger charge is 2.32. The van der Waals surface area contributed by atoms with Gasteiger partial charge in [-0.05, 0) is 49.9 Å². The zero-order valence-electron chi connectivity index (χ0n) is 27.2. The average molecular weight is 717 g/mol. The third-order valence-electron chi connectivity index (χ3n) is 8.54. The van der Waals surface area contributed by atoms with Gasteiger partial charge in [0.25, 0.3) is 11.5 Å². The molecule has 2 fully saturated rings. The Morgan fingerprint density at radius 2 is 1.14 bits per heavy atom. The van der Waals surface area contributed by atoms with E-state index >= 15 is 0 Å². The molecule has 0 N–H and O–H groups in total. The van der Waals surface area contributed by atoms with E-state index in [9.17, 15) is 22.0 Å². The van der Waals surface area contributed by atoms with Crippen LogP contribution in [0.1, 0.15) is 39.1 Å². The van der Waals surface area contributed by atoms with Gasteiger partial charge >= 0.3 is 0 Å². The first-order valence-electron chi connectivity index (χ1n) is 16.2. The standard InChI is InChI=1S/C17H10F2N6.C16H10ClF2N5.CH3F/c1-20-15-5-4-12-16(23-15)25(9-2-3-9)17(22-12)24-8-21-13-6-10(18)11(19)7-14(13)24;17-14-4-3-11-15(22-14)24(8-1-2-8)16(21-11)23-7-20-12-5-9(18)10(19)6-13(12)23;1-2/h4-9H,2-3H2;3-8H,1-2H2;1H3/i;;1D. The van der Waals surface area contributed by atoms with Gasteiger partial charge in [-0.1, -0.05) is 23.2 Å². The molecule has 256 valence electrons. The molecule has 2 aromatic carbocycles. The third-order valence-corrected chi connectivity index (χ3v) is 8.75. The van der Waals surface area contributed by atoms with Crippen LogP contribution in [0.25, 0.3) is 61.1 Å². The van der Waals surface area contributed by atoms with Gasteiger partial charge in [-0.15, -0.1) is 0 Å². The Bertz CT molecular complexity index is 2710. The van der Waals surface area contributed by atoms with E-state index in [1.165, 1.54) is 12.7 Å². The van der Waals surface area contributed by atoms with Gasteiger partial charge in [0.15, 0.2) is 28.9 Å². The molecule has 17 heteroatoms. The summed E-state index contributed by atoms with van der Waals surface area (Å²) in [6.45, 7) is 7.15. The SMILES string of the molecule is Fc1cc2ncn(-c3nc4ccc(Cl)nc4n3C3CC3)c2cc1F.[2H]CF.[C-]#[N+]c1ccc2nc(-n3cnc4cc(F)c(F)cc43)n(C3CC3)c2n1. The third kappa shape index (κ3) is 5.59. The number of halogens is 6. The van der Waals surface area contributed by atoms with Crippen molar-refractivity contribution in [2.24, 2.45) is 0 Å². The van der Waals surface area contributed by atoms with Crippen LogP contribution in [0.3, 0.4) is 0 Å². The van der Waals surface area contributed by atoms with Gasteiger partial charge in [0.1, 0.15) is 28.8 Å². The summed E-state index contributed by atoms with van der Waals surface area (Å²) < 4.78 is 77.0. The average Bonchev–Trinajstić information content (AvgIpc) is 4.01. The van der Waals surface area contributed by atoms with Crippen LogP contribution >= 0.6 is 11.6 Å². The number of pyridine rings is 2. The second kappa shape index (κ2) is 12.4. The summed E-state index contributed by atoms with van der Waals surface area (Å²) in [7, 11) is -1.00. The molecule has 0 spiro atoms. The maximum atomic E-state index is 13.7. The van der Waals surface area contributed by atoms with Crippen molar-refractivity contribution < 1.29 is 23.3 Å². The van der Waals surface area contributed by atoms with Crippen molar-refractivity contribution in [1.29, 1.82) is 0 Å². The van der Waals surface area contributed by atoms with Crippen LogP contribution in [0.2, 0.25) is 5.15 Å². The number of nitrogens with zero attached hydrogens (tertiary/aromatic N) is 11. The molecule has 0 bridgehead atoms. The normalized spacial score (nSPS) is 14.3. The highest BCUT2D eigenvalue weighted by atomic mass is 35.5. The fourth-order valence-electron chi connectivity index (χ4n) is 5.96. The first kappa shape index (κ1) is 31.1. The summed E-state index contributed by atoms with van der Waals surface area (Å²) >= 11 is 6.02. The first-order chi connectivity index (χ1) is 25.2. The molecule has 6 heterocycles. The van der Waals surface area contributed by atoms with Gasteiger partial charge in [0.05, 0.1) is 30.6 Å². The maximum Gasteiger partial charge on any atom is 0.271 e. The van der Waals surface area contributed by atoms with E-state index < -0.39 is 30.4 Å². The Labute approximate surface area is 290 Å². The van der Waals surface area contributed by atoms with E-state index in [0.29, 0.717) is 67.3 Å². The molecule has 11 nitrogen and oxygen atoms in total. The largest absolute Gasteiger partial charge is 0.361 e. The number of fused-ring (bicyclic) bond motifs is 4. The fraction of sp³-hybridized carbons (Fsp3) is 0.206. The predicted molar refractivity (Wildman–Crippen MR) is 179 cm³/mol. The van der Waals surface area contributed by atoms with Crippen molar-refractivity contribution in [3.05, 3.63) is 101 Å². The Kier molecular flexibility index (Phi) is 7.57. The minimum Gasteiger partial charge on any atom is -0.361 e. The second-order valence-electron chi connectivity index (χ2n) is 11.9. The van der Waals surface area contributed by atoms with Crippen LogP contribution in [0.5, 0.6) is 0 Å². The van der Waals surface area contributed by atoms with Gasteiger partial charge in [-0.3, -0.25) is 22.7 Å². The number of alkyl halides is 1. The van der Waals surface area contributed by atoms with Crippen LogP contribution in [0, 0.1) is 29.8 Å². The fourth-order valence-corrected chi connectivity index (χ4v) is 6.10. The van der Waals surface area contributed by atoms with Gasteiger partial charge < -0.3 is 4.85 Å². The van der Waals surface area contributed by atoms with Crippen LogP contribution in [0.4, 0.5) is 27.8 Å². The van der Waals surface area contributed by atoms with Crippen molar-refractivity contribution in [3.63, 3.8) is 0 Å². The molecule has 51 heavy (non-hydrogen) atoms. The Morgan fingerprint density at radius 1 is 0.686 bits per heavy atom. The van der Waals surface area contributed by atoms with E-state index in [4.69, 9.17) is 19.5 Å². The summed E-state index contributed by atoms with van der Waals surface area (Å²) in [5.41, 5.74) is 4.26. The van der Waals surface area contributed by atoms with Crippen LogP contribution < -0.4 is 0 Å². The zero-order chi connectivity index (χ0) is 36.3. The Hall–Kier alpha value is -5.95. The highest BCUT2D eigenvalue weighted by Crippen LogP contribution is 2.41. The first-order valence-corrected chi connectivity index (χ1v) is 15.9. The lowest BCUT2D eigenvalue weighted by Crippen LogP contribution is -2.05. The van der Waals surface area contributed by atoms with E-state index in [1.54, 1.807) is 33.4 Å². The zero-order valence-corrected chi connectivity index (χ0v) is 26.9. The molecular weight excluding hydrogens is 693 g/mol. The quantitative estimate of drug-likeness (QED) is 0.103. The highest BCUT2D eigenvalue weighted by molar-refractivity contribution is 6.29. The maximum absolute atomic E-state index is 13.7. The van der Waals surface area contributed by atoms with Crippen molar-refractivity contribution >= 4 is 61.8 Å². The van der Waals surface area contributed by atoms with Crippen LogP contribution in [0.15, 0.2) is 61.2 Å². The summed E-state index contributed by atoms with van der Waals surface area (Å²) in [4.78, 5) is 29.6. The number of hydrogen-bond donors (Lipinski definition) is 0. The van der Waals surface area contributed by atoms with E-state index in [1.807, 2.05) is 9.13 Å². The Morgan fingerprint density at radius 3 is 1.61 bits per heavy atom.